The number of carbonyl (C=O) groups is 2. The molecule has 1 heterocycles. The summed E-state index contributed by atoms with van der Waals surface area (Å²) in [6, 6.07) is 15.5. The van der Waals surface area contributed by atoms with E-state index in [1.54, 1.807) is 16.8 Å². The van der Waals surface area contributed by atoms with Gasteiger partial charge in [0.1, 0.15) is 5.15 Å². The molecule has 0 saturated carbocycles. The van der Waals surface area contributed by atoms with Crippen molar-refractivity contribution in [1.29, 1.82) is 0 Å². The third-order valence-electron chi connectivity index (χ3n) is 4.71. The molecule has 0 radical (unpaired) electrons. The van der Waals surface area contributed by atoms with Crippen molar-refractivity contribution in [3.63, 3.8) is 0 Å². The molecule has 1 aromatic heterocycles. The smallest absolute Gasteiger partial charge is 0.331 e. The molecule has 0 saturated heterocycles. The number of Topliss-reactive ketones (excluding diaryl/α,β-unsaturated/α-hetero) is 1. The number of aryl methyl sites for hydroxylation is 3. The zero-order chi connectivity index (χ0) is 21.7. The Kier molecular flexibility index (Phi) is 6.85. The van der Waals surface area contributed by atoms with E-state index in [1.165, 1.54) is 6.08 Å². The summed E-state index contributed by atoms with van der Waals surface area (Å²) < 4.78 is 6.79. The maximum atomic E-state index is 12.3. The van der Waals surface area contributed by atoms with E-state index >= 15 is 0 Å². The van der Waals surface area contributed by atoms with Crippen molar-refractivity contribution in [3.8, 4) is 0 Å². The lowest BCUT2D eigenvalue weighted by Gasteiger charge is -2.06. The number of carbonyl (C=O) groups excluding carboxylic acids is 2. The van der Waals surface area contributed by atoms with Gasteiger partial charge >= 0.3 is 5.97 Å². The van der Waals surface area contributed by atoms with E-state index in [1.807, 2.05) is 63.2 Å². The van der Waals surface area contributed by atoms with Crippen molar-refractivity contribution in [2.24, 2.45) is 0 Å². The van der Waals surface area contributed by atoms with Crippen molar-refractivity contribution in [1.82, 2.24) is 9.78 Å². The molecule has 0 unspecified atom stereocenters. The van der Waals surface area contributed by atoms with Gasteiger partial charge in [-0.2, -0.15) is 5.10 Å². The molecule has 30 heavy (non-hydrogen) atoms. The fraction of sp³-hybridized carbons (Fsp3) is 0.208. The number of aromatic nitrogens is 2. The van der Waals surface area contributed by atoms with Gasteiger partial charge in [-0.1, -0.05) is 59.6 Å². The molecule has 0 N–H and O–H groups in total. The van der Waals surface area contributed by atoms with Crippen LogP contribution in [0.15, 0.2) is 54.6 Å². The van der Waals surface area contributed by atoms with Crippen LogP contribution in [-0.4, -0.2) is 28.1 Å². The van der Waals surface area contributed by atoms with Gasteiger partial charge in [0.2, 0.25) is 5.78 Å². The average molecular weight is 423 g/mol. The van der Waals surface area contributed by atoms with Gasteiger partial charge in [-0.15, -0.1) is 0 Å². The summed E-state index contributed by atoms with van der Waals surface area (Å²) in [5.74, 6) is -0.845. The van der Waals surface area contributed by atoms with E-state index in [-0.39, 0.29) is 12.4 Å². The first-order valence-electron chi connectivity index (χ1n) is 9.57. The second-order valence-corrected chi connectivity index (χ2v) is 7.47. The second-order valence-electron chi connectivity index (χ2n) is 7.12. The topological polar surface area (TPSA) is 61.2 Å². The number of esters is 1. The fourth-order valence-corrected chi connectivity index (χ4v) is 3.37. The molecule has 0 spiro atoms. The average Bonchev–Trinajstić information content (AvgIpc) is 2.99. The van der Waals surface area contributed by atoms with Crippen molar-refractivity contribution in [2.45, 2.75) is 27.3 Å². The van der Waals surface area contributed by atoms with E-state index in [4.69, 9.17) is 16.3 Å². The minimum atomic E-state index is -0.611. The maximum absolute atomic E-state index is 12.3. The van der Waals surface area contributed by atoms with Crippen molar-refractivity contribution in [3.05, 3.63) is 93.3 Å². The molecule has 2 aromatic carbocycles. The lowest BCUT2D eigenvalue weighted by atomic mass is 10.0. The molecule has 0 aliphatic rings. The van der Waals surface area contributed by atoms with Crippen LogP contribution < -0.4 is 0 Å². The Bertz CT molecular complexity index is 1100. The first kappa shape index (κ1) is 21.5. The molecule has 5 nitrogen and oxygen atoms in total. The highest BCUT2D eigenvalue weighted by molar-refractivity contribution is 6.31. The standard InChI is InChI=1S/C24H23ClN2O3/c1-16-9-10-17(2)21(13-16)22(28)15-30-23(29)12-11-20-18(3)26-27(24(20)25)14-19-7-5-4-6-8-19/h4-13H,14-15H2,1-3H3/b12-11+. The zero-order valence-electron chi connectivity index (χ0n) is 17.2. The van der Waals surface area contributed by atoms with Crippen LogP contribution in [0.4, 0.5) is 0 Å². The number of halogens is 1. The van der Waals surface area contributed by atoms with Gasteiger partial charge in [-0.3, -0.25) is 4.79 Å². The van der Waals surface area contributed by atoms with Gasteiger partial charge in [0.05, 0.1) is 12.2 Å². The van der Waals surface area contributed by atoms with Gasteiger partial charge in [-0.05, 0) is 44.0 Å². The molecule has 154 valence electrons. The zero-order valence-corrected chi connectivity index (χ0v) is 17.9. The Morgan fingerprint density at radius 3 is 2.57 bits per heavy atom. The van der Waals surface area contributed by atoms with E-state index in [9.17, 15) is 9.59 Å². The summed E-state index contributed by atoms with van der Waals surface area (Å²) >= 11 is 6.45. The minimum absolute atomic E-state index is 0.233. The summed E-state index contributed by atoms with van der Waals surface area (Å²) in [5.41, 5.74) is 4.81. The molecule has 0 atom stereocenters. The van der Waals surface area contributed by atoms with Crippen LogP contribution in [0.1, 0.15) is 38.3 Å². The van der Waals surface area contributed by atoms with Crippen LogP contribution in [0.2, 0.25) is 5.15 Å². The van der Waals surface area contributed by atoms with Crippen molar-refractivity contribution in [2.75, 3.05) is 6.61 Å². The second kappa shape index (κ2) is 9.55. The van der Waals surface area contributed by atoms with Crippen molar-refractivity contribution < 1.29 is 14.3 Å². The Balaban J connectivity index is 1.63. The van der Waals surface area contributed by atoms with E-state index in [2.05, 4.69) is 5.10 Å². The lowest BCUT2D eigenvalue weighted by molar-refractivity contribution is -0.136. The van der Waals surface area contributed by atoms with Gasteiger partial charge in [0.25, 0.3) is 0 Å². The summed E-state index contributed by atoms with van der Waals surface area (Å²) in [6.45, 7) is 5.81. The van der Waals surface area contributed by atoms with E-state index in [0.717, 1.165) is 16.7 Å². The van der Waals surface area contributed by atoms with Gasteiger partial charge in [0.15, 0.2) is 6.61 Å². The molecule has 0 amide bonds. The van der Waals surface area contributed by atoms with E-state index < -0.39 is 5.97 Å². The van der Waals surface area contributed by atoms with Crippen LogP contribution in [0, 0.1) is 20.8 Å². The number of ketones is 1. The number of hydrogen-bond acceptors (Lipinski definition) is 4. The molecule has 3 rings (SSSR count). The molecular formula is C24H23ClN2O3. The van der Waals surface area contributed by atoms with Crippen LogP contribution in [0.5, 0.6) is 0 Å². The van der Waals surface area contributed by atoms with Crippen molar-refractivity contribution >= 4 is 29.4 Å². The molecule has 0 aliphatic carbocycles. The maximum Gasteiger partial charge on any atom is 0.331 e. The third kappa shape index (κ3) is 5.24. The highest BCUT2D eigenvalue weighted by atomic mass is 35.5. The first-order chi connectivity index (χ1) is 14.3. The number of rotatable bonds is 7. The molecular weight excluding hydrogens is 400 g/mol. The van der Waals surface area contributed by atoms with Gasteiger partial charge in [0, 0.05) is 17.2 Å². The van der Waals surface area contributed by atoms with Gasteiger partial charge < -0.3 is 4.74 Å². The fourth-order valence-electron chi connectivity index (χ4n) is 3.07. The SMILES string of the molecule is Cc1ccc(C)c(C(=O)COC(=O)/C=C/c2c(C)nn(Cc3ccccc3)c2Cl)c1. The molecule has 0 bridgehead atoms. The summed E-state index contributed by atoms with van der Waals surface area (Å²) in [5, 5.41) is 4.88. The number of ether oxygens (including phenoxy) is 1. The highest BCUT2D eigenvalue weighted by Crippen LogP contribution is 2.22. The predicted molar refractivity (Wildman–Crippen MR) is 118 cm³/mol. The third-order valence-corrected chi connectivity index (χ3v) is 5.11. The number of hydrogen-bond donors (Lipinski definition) is 0. The lowest BCUT2D eigenvalue weighted by Crippen LogP contribution is -2.13. The van der Waals surface area contributed by atoms with E-state index in [0.29, 0.717) is 28.5 Å². The predicted octanol–water partition coefficient (Wildman–Crippen LogP) is 4.95. The quantitative estimate of drug-likeness (QED) is 0.307. The largest absolute Gasteiger partial charge is 0.454 e. The number of nitrogens with zero attached hydrogens (tertiary/aromatic N) is 2. The molecule has 6 heteroatoms. The molecule has 0 fully saturated rings. The normalized spacial score (nSPS) is 11.1. The molecule has 0 aliphatic heterocycles. The van der Waals surface area contributed by atoms with Gasteiger partial charge in [-0.25, -0.2) is 9.48 Å². The highest BCUT2D eigenvalue weighted by Gasteiger charge is 2.14. The monoisotopic (exact) mass is 422 g/mol. The van der Waals surface area contributed by atoms with Crippen LogP contribution in [-0.2, 0) is 16.1 Å². The van der Waals surface area contributed by atoms with Crippen LogP contribution in [0.3, 0.4) is 0 Å². The first-order valence-corrected chi connectivity index (χ1v) is 9.95. The minimum Gasteiger partial charge on any atom is -0.454 e. The Morgan fingerprint density at radius 1 is 1.10 bits per heavy atom. The Hall–Kier alpha value is -3.18. The molecule has 3 aromatic rings. The summed E-state index contributed by atoms with van der Waals surface area (Å²) in [6.07, 6.45) is 2.83. The van der Waals surface area contributed by atoms with Crippen LogP contribution in [0.25, 0.3) is 6.08 Å². The number of benzene rings is 2. The Morgan fingerprint density at radius 2 is 1.83 bits per heavy atom. The summed E-state index contributed by atoms with van der Waals surface area (Å²) in [4.78, 5) is 24.4. The van der Waals surface area contributed by atoms with Crippen LogP contribution >= 0.6 is 11.6 Å². The summed E-state index contributed by atoms with van der Waals surface area (Å²) in [7, 11) is 0. The Labute approximate surface area is 180 Å².